The van der Waals surface area contributed by atoms with Gasteiger partial charge in [0.25, 0.3) is 11.8 Å². The first-order chi connectivity index (χ1) is 11.8. The summed E-state index contributed by atoms with van der Waals surface area (Å²) >= 11 is 1.42. The van der Waals surface area contributed by atoms with E-state index in [0.29, 0.717) is 30.0 Å². The van der Waals surface area contributed by atoms with E-state index in [0.717, 1.165) is 10.8 Å². The monoisotopic (exact) mass is 338 g/mol. The van der Waals surface area contributed by atoms with Gasteiger partial charge in [-0.1, -0.05) is 42.5 Å². The minimum Gasteiger partial charge on any atom is -0.352 e. The standard InChI is InChI=1S/C19H18N2O2S/c22-18(16-9-3-7-14-6-1-2-8-15(14)16)20-11-5-12-21-19(23)17-10-4-13-24-17/h1-4,6-10,13H,5,11-12H2,(H,20,22)(H,21,23). The summed E-state index contributed by atoms with van der Waals surface area (Å²) in [5.74, 6) is -0.151. The second-order valence-corrected chi connectivity index (χ2v) is 6.32. The number of benzene rings is 2. The van der Waals surface area contributed by atoms with E-state index in [1.807, 2.05) is 53.9 Å². The summed E-state index contributed by atoms with van der Waals surface area (Å²) in [6.07, 6.45) is 0.688. The van der Waals surface area contributed by atoms with Crippen molar-refractivity contribution in [2.75, 3.05) is 13.1 Å². The number of rotatable bonds is 6. The van der Waals surface area contributed by atoms with Crippen LogP contribution in [0.5, 0.6) is 0 Å². The highest BCUT2D eigenvalue weighted by atomic mass is 32.1. The molecule has 0 saturated carbocycles. The van der Waals surface area contributed by atoms with Crippen LogP contribution >= 0.6 is 11.3 Å². The van der Waals surface area contributed by atoms with E-state index < -0.39 is 0 Å². The largest absolute Gasteiger partial charge is 0.352 e. The smallest absolute Gasteiger partial charge is 0.261 e. The molecule has 0 aliphatic carbocycles. The van der Waals surface area contributed by atoms with Gasteiger partial charge in [0.15, 0.2) is 0 Å². The maximum absolute atomic E-state index is 12.3. The second kappa shape index (κ2) is 7.75. The summed E-state index contributed by atoms with van der Waals surface area (Å²) < 4.78 is 0. The van der Waals surface area contributed by atoms with Crippen molar-refractivity contribution in [2.24, 2.45) is 0 Å². The van der Waals surface area contributed by atoms with Crippen LogP contribution in [-0.4, -0.2) is 24.9 Å². The molecule has 0 bridgehead atoms. The van der Waals surface area contributed by atoms with Gasteiger partial charge in [-0.25, -0.2) is 0 Å². The summed E-state index contributed by atoms with van der Waals surface area (Å²) in [4.78, 5) is 24.8. The van der Waals surface area contributed by atoms with Gasteiger partial charge < -0.3 is 10.6 Å². The Labute approximate surface area is 144 Å². The molecule has 2 aromatic carbocycles. The van der Waals surface area contributed by atoms with E-state index in [9.17, 15) is 9.59 Å². The first-order valence-electron chi connectivity index (χ1n) is 7.83. The number of fused-ring (bicyclic) bond motifs is 1. The van der Waals surface area contributed by atoms with Crippen LogP contribution in [0.25, 0.3) is 10.8 Å². The Balaban J connectivity index is 1.48. The van der Waals surface area contributed by atoms with E-state index in [1.54, 1.807) is 6.07 Å². The molecule has 5 heteroatoms. The molecule has 122 valence electrons. The fourth-order valence-electron chi connectivity index (χ4n) is 2.51. The normalized spacial score (nSPS) is 10.5. The number of nitrogens with one attached hydrogen (secondary N) is 2. The molecule has 0 saturated heterocycles. The lowest BCUT2D eigenvalue weighted by molar-refractivity contribution is 0.0954. The minimum absolute atomic E-state index is 0.0645. The lowest BCUT2D eigenvalue weighted by Gasteiger charge is -2.08. The maximum Gasteiger partial charge on any atom is 0.261 e. The topological polar surface area (TPSA) is 58.2 Å². The summed E-state index contributed by atoms with van der Waals surface area (Å²) in [6.45, 7) is 1.05. The summed E-state index contributed by atoms with van der Waals surface area (Å²) in [5, 5.41) is 9.63. The van der Waals surface area contributed by atoms with Crippen molar-refractivity contribution in [3.05, 3.63) is 70.4 Å². The Morgan fingerprint density at radius 3 is 2.38 bits per heavy atom. The van der Waals surface area contributed by atoms with E-state index >= 15 is 0 Å². The molecule has 0 fully saturated rings. The van der Waals surface area contributed by atoms with Gasteiger partial charge in [0, 0.05) is 18.7 Å². The van der Waals surface area contributed by atoms with Crippen molar-refractivity contribution in [3.8, 4) is 0 Å². The average molecular weight is 338 g/mol. The molecular formula is C19H18N2O2S. The Kier molecular flexibility index (Phi) is 5.23. The van der Waals surface area contributed by atoms with Crippen molar-refractivity contribution in [1.82, 2.24) is 10.6 Å². The summed E-state index contributed by atoms with van der Waals surface area (Å²) in [6, 6.07) is 17.2. The summed E-state index contributed by atoms with van der Waals surface area (Å²) in [7, 11) is 0. The first kappa shape index (κ1) is 16.2. The van der Waals surface area contributed by atoms with Crippen LogP contribution in [0, 0.1) is 0 Å². The second-order valence-electron chi connectivity index (χ2n) is 5.37. The van der Waals surface area contributed by atoms with Crippen molar-refractivity contribution >= 4 is 33.9 Å². The molecule has 2 N–H and O–H groups in total. The van der Waals surface area contributed by atoms with Gasteiger partial charge in [0.2, 0.25) is 0 Å². The molecule has 3 rings (SSSR count). The Morgan fingerprint density at radius 2 is 1.58 bits per heavy atom. The lowest BCUT2D eigenvalue weighted by Crippen LogP contribution is -2.29. The highest BCUT2D eigenvalue weighted by molar-refractivity contribution is 7.12. The molecule has 3 aromatic rings. The molecule has 0 unspecified atom stereocenters. The number of carbonyl (C=O) groups is 2. The Hall–Kier alpha value is -2.66. The number of amides is 2. The molecule has 1 heterocycles. The van der Waals surface area contributed by atoms with Crippen molar-refractivity contribution in [1.29, 1.82) is 0 Å². The number of carbonyl (C=O) groups excluding carboxylic acids is 2. The van der Waals surface area contributed by atoms with Gasteiger partial charge in [0.05, 0.1) is 4.88 Å². The van der Waals surface area contributed by atoms with Gasteiger partial charge in [-0.3, -0.25) is 9.59 Å². The SMILES string of the molecule is O=C(NCCCNC(=O)c1cccc2ccccc12)c1cccs1. The van der Waals surface area contributed by atoms with Gasteiger partial charge in [-0.05, 0) is 34.7 Å². The van der Waals surface area contributed by atoms with Gasteiger partial charge in [-0.15, -0.1) is 11.3 Å². The molecule has 2 amide bonds. The van der Waals surface area contributed by atoms with Crippen LogP contribution in [0.2, 0.25) is 0 Å². The first-order valence-corrected chi connectivity index (χ1v) is 8.71. The predicted octanol–water partition coefficient (Wildman–Crippen LogP) is 3.45. The fourth-order valence-corrected chi connectivity index (χ4v) is 3.15. The van der Waals surface area contributed by atoms with Crippen molar-refractivity contribution in [2.45, 2.75) is 6.42 Å². The van der Waals surface area contributed by atoms with Gasteiger partial charge in [0.1, 0.15) is 0 Å². The average Bonchev–Trinajstić information content (AvgIpc) is 3.15. The zero-order valence-electron chi connectivity index (χ0n) is 13.1. The van der Waals surface area contributed by atoms with Gasteiger partial charge >= 0.3 is 0 Å². The third kappa shape index (κ3) is 3.81. The number of thiophene rings is 1. The molecular weight excluding hydrogens is 320 g/mol. The molecule has 1 aromatic heterocycles. The Morgan fingerprint density at radius 1 is 0.833 bits per heavy atom. The molecule has 0 radical (unpaired) electrons. The minimum atomic E-state index is -0.0867. The quantitative estimate of drug-likeness (QED) is 0.676. The number of hydrogen-bond donors (Lipinski definition) is 2. The van der Waals surface area contributed by atoms with Gasteiger partial charge in [-0.2, -0.15) is 0 Å². The molecule has 0 aliphatic rings. The van der Waals surface area contributed by atoms with Crippen LogP contribution in [0.15, 0.2) is 60.0 Å². The van der Waals surface area contributed by atoms with Crippen LogP contribution in [0.3, 0.4) is 0 Å². The fraction of sp³-hybridized carbons (Fsp3) is 0.158. The van der Waals surface area contributed by atoms with Crippen LogP contribution in [0.1, 0.15) is 26.5 Å². The highest BCUT2D eigenvalue weighted by Gasteiger charge is 2.09. The third-order valence-corrected chi connectivity index (χ3v) is 4.57. The molecule has 0 spiro atoms. The van der Waals surface area contributed by atoms with Crippen molar-refractivity contribution in [3.63, 3.8) is 0 Å². The zero-order chi connectivity index (χ0) is 16.8. The third-order valence-electron chi connectivity index (χ3n) is 3.70. The molecule has 4 nitrogen and oxygen atoms in total. The predicted molar refractivity (Wildman–Crippen MR) is 97.6 cm³/mol. The summed E-state index contributed by atoms with van der Waals surface area (Å²) in [5.41, 5.74) is 0.677. The number of hydrogen-bond acceptors (Lipinski definition) is 3. The Bertz CT molecular complexity index is 838. The highest BCUT2D eigenvalue weighted by Crippen LogP contribution is 2.18. The van der Waals surface area contributed by atoms with E-state index in [4.69, 9.17) is 0 Å². The maximum atomic E-state index is 12.3. The molecule has 24 heavy (non-hydrogen) atoms. The zero-order valence-corrected chi connectivity index (χ0v) is 13.9. The van der Waals surface area contributed by atoms with Crippen LogP contribution in [-0.2, 0) is 0 Å². The van der Waals surface area contributed by atoms with E-state index in [1.165, 1.54) is 11.3 Å². The van der Waals surface area contributed by atoms with Crippen LogP contribution < -0.4 is 10.6 Å². The lowest BCUT2D eigenvalue weighted by atomic mass is 10.0. The van der Waals surface area contributed by atoms with Crippen molar-refractivity contribution < 1.29 is 9.59 Å². The van der Waals surface area contributed by atoms with E-state index in [-0.39, 0.29) is 11.8 Å². The molecule has 0 atom stereocenters. The van der Waals surface area contributed by atoms with Crippen LogP contribution in [0.4, 0.5) is 0 Å². The van der Waals surface area contributed by atoms with E-state index in [2.05, 4.69) is 10.6 Å². The molecule has 0 aliphatic heterocycles.